The number of fused-ring (bicyclic) bond motifs is 2. The van der Waals surface area contributed by atoms with Crippen LogP contribution in [0.4, 0.5) is 0 Å². The van der Waals surface area contributed by atoms with Gasteiger partial charge >= 0.3 is 0 Å². The van der Waals surface area contributed by atoms with E-state index in [-0.39, 0.29) is 18.0 Å². The summed E-state index contributed by atoms with van der Waals surface area (Å²) in [6, 6.07) is 9.52. The van der Waals surface area contributed by atoms with Crippen LogP contribution in [-0.2, 0) is 0 Å². The number of nitrogens with one attached hydrogen (secondary N) is 3. The van der Waals surface area contributed by atoms with E-state index in [1.165, 1.54) is 24.0 Å². The number of hydrogen-bond acceptors (Lipinski definition) is 5. The molecular formula is C29H32ClN7. The van der Waals surface area contributed by atoms with Crippen LogP contribution < -0.4 is 5.43 Å². The lowest BCUT2D eigenvalue weighted by Crippen LogP contribution is -2.67. The Bertz CT molecular complexity index is 1540. The summed E-state index contributed by atoms with van der Waals surface area (Å²) in [4.78, 5) is 2.35. The summed E-state index contributed by atoms with van der Waals surface area (Å²) in [5.41, 5.74) is 11.0. The third kappa shape index (κ3) is 3.41. The Kier molecular flexibility index (Phi) is 5.09. The number of rotatable bonds is 5. The molecule has 2 aromatic carbocycles. The highest BCUT2D eigenvalue weighted by Gasteiger charge is 2.57. The first kappa shape index (κ1) is 23.0. The third-order valence-electron chi connectivity index (χ3n) is 9.09. The van der Waals surface area contributed by atoms with Gasteiger partial charge in [-0.25, -0.2) is 10.4 Å². The summed E-state index contributed by atoms with van der Waals surface area (Å²) < 4.78 is 0. The van der Waals surface area contributed by atoms with E-state index in [9.17, 15) is 0 Å². The number of halogens is 1. The lowest BCUT2D eigenvalue weighted by atomic mass is 9.60. The third-order valence-corrected chi connectivity index (χ3v) is 9.59. The molecule has 2 saturated heterocycles. The molecule has 3 atom stereocenters. The van der Waals surface area contributed by atoms with E-state index >= 15 is 0 Å². The van der Waals surface area contributed by atoms with Gasteiger partial charge in [0, 0.05) is 58.0 Å². The summed E-state index contributed by atoms with van der Waals surface area (Å²) in [5, 5.41) is 20.4. The molecule has 2 aromatic heterocycles. The summed E-state index contributed by atoms with van der Waals surface area (Å²) in [7, 11) is 0. The monoisotopic (exact) mass is 513 g/mol. The zero-order chi connectivity index (χ0) is 25.5. The molecule has 190 valence electrons. The van der Waals surface area contributed by atoms with Gasteiger partial charge in [0.1, 0.15) is 0 Å². The second-order valence-corrected chi connectivity index (χ2v) is 11.7. The number of hydrazine groups is 1. The van der Waals surface area contributed by atoms with Gasteiger partial charge in [0.2, 0.25) is 0 Å². The number of aromatic amines is 2. The molecule has 8 heteroatoms. The fourth-order valence-electron chi connectivity index (χ4n) is 7.14. The van der Waals surface area contributed by atoms with Crippen molar-refractivity contribution in [3.8, 4) is 0 Å². The Hall–Kier alpha value is -3.13. The van der Waals surface area contributed by atoms with Crippen LogP contribution in [0.2, 0.25) is 5.02 Å². The van der Waals surface area contributed by atoms with Crippen LogP contribution in [0.15, 0.2) is 61.6 Å². The van der Waals surface area contributed by atoms with Crippen molar-refractivity contribution in [1.29, 1.82) is 0 Å². The summed E-state index contributed by atoms with van der Waals surface area (Å²) in [5.74, 6) is 0.159. The maximum Gasteiger partial charge on any atom is 0.0656 e. The van der Waals surface area contributed by atoms with Crippen LogP contribution >= 0.6 is 11.6 Å². The highest BCUT2D eigenvalue weighted by atomic mass is 35.5. The van der Waals surface area contributed by atoms with E-state index in [0.29, 0.717) is 11.5 Å². The molecule has 2 unspecified atom stereocenters. The van der Waals surface area contributed by atoms with Gasteiger partial charge in [-0.2, -0.15) is 10.2 Å². The smallest absolute Gasteiger partial charge is 0.0656 e. The zero-order valence-electron chi connectivity index (χ0n) is 21.3. The molecule has 0 bridgehead atoms. The molecule has 3 aliphatic rings. The molecule has 7 rings (SSSR count). The molecule has 7 nitrogen and oxygen atoms in total. The average Bonchev–Trinajstić information content (AvgIpc) is 3.57. The van der Waals surface area contributed by atoms with Crippen molar-refractivity contribution >= 4 is 33.4 Å². The highest BCUT2D eigenvalue weighted by molar-refractivity contribution is 6.33. The van der Waals surface area contributed by atoms with E-state index in [1.54, 1.807) is 0 Å². The molecule has 37 heavy (non-hydrogen) atoms. The molecule has 1 saturated carbocycles. The largest absolute Gasteiger partial charge is 0.371 e. The van der Waals surface area contributed by atoms with Gasteiger partial charge in [0.25, 0.3) is 0 Å². The lowest BCUT2D eigenvalue weighted by Gasteiger charge is -2.62. The van der Waals surface area contributed by atoms with Crippen LogP contribution in [0.25, 0.3) is 21.8 Å². The fraction of sp³-hybridized carbons (Fsp3) is 0.379. The predicted molar refractivity (Wildman–Crippen MR) is 148 cm³/mol. The highest BCUT2D eigenvalue weighted by Crippen LogP contribution is 2.55. The van der Waals surface area contributed by atoms with Crippen LogP contribution in [0.5, 0.6) is 0 Å². The number of hydrogen-bond donors (Lipinski definition) is 3. The number of aryl methyl sites for hydroxylation is 1. The minimum Gasteiger partial charge on any atom is -0.371 e. The summed E-state index contributed by atoms with van der Waals surface area (Å²) in [6.07, 6.45) is 8.06. The number of aromatic nitrogens is 4. The van der Waals surface area contributed by atoms with Gasteiger partial charge in [0.15, 0.2) is 0 Å². The lowest BCUT2D eigenvalue weighted by molar-refractivity contribution is -0.107. The van der Waals surface area contributed by atoms with Crippen molar-refractivity contribution in [2.45, 2.75) is 50.7 Å². The van der Waals surface area contributed by atoms with Crippen molar-refractivity contribution in [3.05, 3.63) is 83.3 Å². The number of likely N-dealkylation sites (tertiary alicyclic amines) is 1. The van der Waals surface area contributed by atoms with Gasteiger partial charge in [-0.3, -0.25) is 10.2 Å². The molecule has 1 aliphatic carbocycles. The maximum atomic E-state index is 7.09. The van der Waals surface area contributed by atoms with Gasteiger partial charge < -0.3 is 4.90 Å². The van der Waals surface area contributed by atoms with Crippen LogP contribution in [0.1, 0.15) is 48.4 Å². The zero-order valence-corrected chi connectivity index (χ0v) is 22.0. The van der Waals surface area contributed by atoms with Crippen LogP contribution in [0, 0.1) is 12.3 Å². The summed E-state index contributed by atoms with van der Waals surface area (Å²) >= 11 is 7.09. The van der Waals surface area contributed by atoms with E-state index in [4.69, 9.17) is 11.6 Å². The fourth-order valence-corrected chi connectivity index (χ4v) is 7.42. The minimum atomic E-state index is 0.0849. The molecule has 0 amide bonds. The van der Waals surface area contributed by atoms with Crippen LogP contribution in [-0.4, -0.2) is 55.5 Å². The van der Waals surface area contributed by atoms with Crippen molar-refractivity contribution in [3.63, 3.8) is 0 Å². The van der Waals surface area contributed by atoms with E-state index in [1.807, 2.05) is 18.5 Å². The Labute approximate surface area is 221 Å². The second kappa shape index (κ2) is 8.18. The minimum absolute atomic E-state index is 0.0849. The van der Waals surface area contributed by atoms with E-state index in [0.717, 1.165) is 51.2 Å². The number of benzene rings is 2. The quantitative estimate of drug-likeness (QED) is 0.303. The first-order valence-electron chi connectivity index (χ1n) is 13.0. The molecule has 2 aliphatic heterocycles. The first-order chi connectivity index (χ1) is 17.9. The normalized spacial score (nSPS) is 25.6. The van der Waals surface area contributed by atoms with Gasteiger partial charge in [-0.05, 0) is 67.7 Å². The first-order valence-corrected chi connectivity index (χ1v) is 13.4. The Morgan fingerprint density at radius 3 is 2.68 bits per heavy atom. The van der Waals surface area contributed by atoms with Gasteiger partial charge in [0.05, 0.1) is 29.5 Å². The van der Waals surface area contributed by atoms with E-state index in [2.05, 4.69) is 87.0 Å². The Morgan fingerprint density at radius 1 is 1.14 bits per heavy atom. The molecule has 0 radical (unpaired) electrons. The van der Waals surface area contributed by atoms with Crippen LogP contribution in [0.3, 0.4) is 0 Å². The van der Waals surface area contributed by atoms with Gasteiger partial charge in [-0.1, -0.05) is 30.8 Å². The molecular weight excluding hydrogens is 482 g/mol. The maximum absolute atomic E-state index is 7.09. The molecule has 3 N–H and O–H groups in total. The SMILES string of the molecule is C=CC(=C)N1CC2(CC(N3N[C@@H](c4ccc5[nH]ncc5c4)C(c4c(Cl)c(C)cc5[nH]ncc45)C3C)C2)C1. The summed E-state index contributed by atoms with van der Waals surface area (Å²) in [6.45, 7) is 14.6. The number of H-pyrrole nitrogens is 2. The Balaban J connectivity index is 1.25. The molecule has 1 spiro atoms. The Morgan fingerprint density at radius 2 is 1.89 bits per heavy atom. The average molecular weight is 514 g/mol. The number of nitrogens with zero attached hydrogens (tertiary/aromatic N) is 4. The van der Waals surface area contributed by atoms with Crippen molar-refractivity contribution in [2.24, 2.45) is 5.41 Å². The molecule has 4 aromatic rings. The standard InChI is InChI=1S/C29H32ClN7/c1-5-17(3)36-14-29(15-36)10-21(11-29)37-18(4)25(26-22-13-32-34-24(22)8-16(2)27(26)30)28(35-37)19-6-7-23-20(9-19)12-31-33-23/h5-9,12-13,18,21,25,28,35H,1,3,10-11,14-15H2,2,4H3,(H,31,33)(H,32,34)/t18?,25?,28-/m0/s1. The van der Waals surface area contributed by atoms with Gasteiger partial charge in [-0.15, -0.1) is 0 Å². The predicted octanol–water partition coefficient (Wildman–Crippen LogP) is 5.60. The van der Waals surface area contributed by atoms with Crippen molar-refractivity contribution in [2.75, 3.05) is 13.1 Å². The number of allylic oxidation sites excluding steroid dienone is 1. The topological polar surface area (TPSA) is 75.9 Å². The van der Waals surface area contributed by atoms with Crippen molar-refractivity contribution < 1.29 is 0 Å². The van der Waals surface area contributed by atoms with Crippen molar-refractivity contribution in [1.82, 2.24) is 35.7 Å². The molecule has 4 heterocycles. The second-order valence-electron chi connectivity index (χ2n) is 11.4. The van der Waals surface area contributed by atoms with E-state index < -0.39 is 0 Å². The molecule has 3 fully saturated rings.